The van der Waals surface area contributed by atoms with Gasteiger partial charge in [0.05, 0.1) is 6.42 Å². The van der Waals surface area contributed by atoms with Gasteiger partial charge in [0, 0.05) is 18.7 Å². The second-order valence-electron chi connectivity index (χ2n) is 3.53. The van der Waals surface area contributed by atoms with Crippen molar-refractivity contribution < 1.29 is 32.2 Å². The van der Waals surface area contributed by atoms with Crippen LogP contribution in [0.4, 0.5) is 0 Å². The molecule has 0 aliphatic carbocycles. The number of nitrogens with one attached hydrogen (secondary N) is 1. The molecule has 0 radical (unpaired) electrons. The first-order valence-electron chi connectivity index (χ1n) is 4.84. The van der Waals surface area contributed by atoms with Gasteiger partial charge in [-0.25, -0.2) is 0 Å². The van der Waals surface area contributed by atoms with Gasteiger partial charge in [0.1, 0.15) is 5.25 Å². The largest absolute Gasteiger partial charge is 0.360 e. The minimum absolute atomic E-state index is 0.597. The summed E-state index contributed by atoms with van der Waals surface area (Å²) < 4.78 is 31.2. The highest BCUT2D eigenvalue weighted by molar-refractivity contribution is 7.86. The van der Waals surface area contributed by atoms with Crippen molar-refractivity contribution in [2.45, 2.75) is 11.7 Å². The number of imide groups is 1. The Morgan fingerprint density at radius 1 is 1.42 bits per heavy atom. The summed E-state index contributed by atoms with van der Waals surface area (Å²) in [5.41, 5.74) is 0. The maximum absolute atomic E-state index is 11.3. The minimum atomic E-state index is -4.64. The molecule has 0 fully saturated rings. The molecule has 1 heterocycles. The smallest absolute Gasteiger partial charge is 0.327 e. The van der Waals surface area contributed by atoms with Crippen LogP contribution in [0.15, 0.2) is 12.2 Å². The van der Waals surface area contributed by atoms with Crippen molar-refractivity contribution in [1.29, 1.82) is 0 Å². The molecular formula is C8H10N2O7S2. The molecular weight excluding hydrogens is 300 g/mol. The Bertz CT molecular complexity index is 509. The zero-order valence-electron chi connectivity index (χ0n) is 9.35. The molecule has 106 valence electrons. The molecule has 1 aliphatic rings. The molecule has 0 spiro atoms. The summed E-state index contributed by atoms with van der Waals surface area (Å²) in [6.07, 6.45) is 1.16. The number of amides is 2. The standard InChI is InChI=1S/C8H10N2O7S2/c11-6-1-2-7(12)10(6)4-5(19(14,15)16)3-8(13)17-9-18/h1-2,5,9,18H,3-4H2,(H,14,15,16). The maximum Gasteiger partial charge on any atom is 0.327 e. The van der Waals surface area contributed by atoms with Crippen molar-refractivity contribution in [3.8, 4) is 0 Å². The Kier molecular flexibility index (Phi) is 5.05. The molecule has 1 rings (SSSR count). The maximum atomic E-state index is 11.3. The van der Waals surface area contributed by atoms with Gasteiger partial charge in [0.2, 0.25) is 0 Å². The summed E-state index contributed by atoms with van der Waals surface area (Å²) >= 11 is 3.37. The fourth-order valence-electron chi connectivity index (χ4n) is 1.36. The molecule has 1 aliphatic heterocycles. The highest BCUT2D eigenvalue weighted by atomic mass is 32.2. The molecule has 11 heteroatoms. The van der Waals surface area contributed by atoms with Gasteiger partial charge < -0.3 is 4.84 Å². The number of nitrogens with zero attached hydrogens (tertiary/aromatic N) is 1. The SMILES string of the molecule is O=C(CC(CN1C(=O)C=CC1=O)S(=O)(=O)O)ONS. The fourth-order valence-corrected chi connectivity index (χ4v) is 2.14. The van der Waals surface area contributed by atoms with Crippen LogP contribution in [0.5, 0.6) is 0 Å². The van der Waals surface area contributed by atoms with E-state index in [0.29, 0.717) is 4.90 Å². The lowest BCUT2D eigenvalue weighted by Crippen LogP contribution is -2.41. The van der Waals surface area contributed by atoms with Crippen LogP contribution in [-0.2, 0) is 29.3 Å². The van der Waals surface area contributed by atoms with Crippen molar-refractivity contribution >= 4 is 40.7 Å². The van der Waals surface area contributed by atoms with Crippen molar-refractivity contribution in [2.75, 3.05) is 6.54 Å². The Balaban J connectivity index is 2.79. The Hall–Kier alpha value is -1.43. The van der Waals surface area contributed by atoms with E-state index in [1.54, 1.807) is 4.89 Å². The molecule has 19 heavy (non-hydrogen) atoms. The summed E-state index contributed by atoms with van der Waals surface area (Å²) in [6.45, 7) is -0.648. The van der Waals surface area contributed by atoms with E-state index in [1.165, 1.54) is 0 Å². The molecule has 0 bridgehead atoms. The van der Waals surface area contributed by atoms with Crippen molar-refractivity contribution in [1.82, 2.24) is 9.79 Å². The minimum Gasteiger partial charge on any atom is -0.360 e. The molecule has 0 aromatic carbocycles. The Morgan fingerprint density at radius 2 is 1.95 bits per heavy atom. The van der Waals surface area contributed by atoms with Gasteiger partial charge in [-0.1, -0.05) is 17.7 Å². The van der Waals surface area contributed by atoms with Crippen LogP contribution in [0.25, 0.3) is 0 Å². The first-order chi connectivity index (χ1) is 8.75. The number of thiol groups is 1. The van der Waals surface area contributed by atoms with Gasteiger partial charge >= 0.3 is 5.97 Å². The molecule has 1 unspecified atom stereocenters. The van der Waals surface area contributed by atoms with E-state index in [2.05, 4.69) is 17.7 Å². The van der Waals surface area contributed by atoms with Gasteiger partial charge in [-0.15, -0.1) is 0 Å². The normalized spacial score (nSPS) is 16.8. The third-order valence-electron chi connectivity index (χ3n) is 2.26. The third-order valence-corrected chi connectivity index (χ3v) is 3.51. The van der Waals surface area contributed by atoms with Crippen LogP contribution in [0.1, 0.15) is 6.42 Å². The quantitative estimate of drug-likeness (QED) is 0.233. The third kappa shape index (κ3) is 4.31. The zero-order chi connectivity index (χ0) is 14.6. The first kappa shape index (κ1) is 15.6. The number of carbonyl (C=O) groups is 3. The van der Waals surface area contributed by atoms with Gasteiger partial charge in [0.25, 0.3) is 21.9 Å². The van der Waals surface area contributed by atoms with Crippen LogP contribution in [-0.4, -0.2) is 47.4 Å². The average molecular weight is 310 g/mol. The van der Waals surface area contributed by atoms with E-state index in [9.17, 15) is 22.8 Å². The number of hydrogen-bond acceptors (Lipinski definition) is 8. The molecule has 9 nitrogen and oxygen atoms in total. The van der Waals surface area contributed by atoms with Crippen LogP contribution >= 0.6 is 12.8 Å². The van der Waals surface area contributed by atoms with Gasteiger partial charge in [-0.3, -0.25) is 23.8 Å². The topological polar surface area (TPSA) is 130 Å². The molecule has 2 N–H and O–H groups in total. The van der Waals surface area contributed by atoms with Crippen LogP contribution in [0.3, 0.4) is 0 Å². The molecule has 2 amide bonds. The van der Waals surface area contributed by atoms with Crippen LogP contribution < -0.4 is 4.89 Å². The van der Waals surface area contributed by atoms with Crippen LogP contribution in [0.2, 0.25) is 0 Å². The molecule has 1 atom stereocenters. The van der Waals surface area contributed by atoms with Gasteiger partial charge in [-0.05, 0) is 0 Å². The zero-order valence-corrected chi connectivity index (χ0v) is 11.1. The predicted octanol–water partition coefficient (Wildman–Crippen LogP) is -1.55. The fraction of sp³-hybridized carbons (Fsp3) is 0.375. The van der Waals surface area contributed by atoms with E-state index in [1.807, 2.05) is 0 Å². The Labute approximate surface area is 113 Å². The molecule has 0 aromatic heterocycles. The predicted molar refractivity (Wildman–Crippen MR) is 64.0 cm³/mol. The highest BCUT2D eigenvalue weighted by Crippen LogP contribution is 2.12. The lowest BCUT2D eigenvalue weighted by atomic mass is 10.3. The number of carbonyl (C=O) groups excluding carboxylic acids is 3. The number of rotatable bonds is 6. The van der Waals surface area contributed by atoms with E-state index >= 15 is 0 Å². The summed E-state index contributed by atoms with van der Waals surface area (Å²) in [5.74, 6) is -2.47. The van der Waals surface area contributed by atoms with Crippen molar-refractivity contribution in [3.05, 3.63) is 12.2 Å². The van der Waals surface area contributed by atoms with Gasteiger partial charge in [0.15, 0.2) is 0 Å². The lowest BCUT2D eigenvalue weighted by molar-refractivity contribution is -0.147. The molecule has 0 aromatic rings. The first-order valence-corrected chi connectivity index (χ1v) is 6.79. The van der Waals surface area contributed by atoms with E-state index in [-0.39, 0.29) is 0 Å². The van der Waals surface area contributed by atoms with Gasteiger partial charge in [-0.2, -0.15) is 8.42 Å². The summed E-state index contributed by atoms with van der Waals surface area (Å²) in [7, 11) is -4.64. The monoisotopic (exact) mass is 310 g/mol. The number of hydrogen-bond donors (Lipinski definition) is 3. The highest BCUT2D eigenvalue weighted by Gasteiger charge is 2.34. The molecule has 0 saturated heterocycles. The summed E-state index contributed by atoms with van der Waals surface area (Å²) in [4.78, 5) is 40.2. The summed E-state index contributed by atoms with van der Waals surface area (Å²) in [5, 5.41) is -1.67. The summed E-state index contributed by atoms with van der Waals surface area (Å²) in [6, 6.07) is 0. The van der Waals surface area contributed by atoms with Crippen LogP contribution in [0, 0.1) is 0 Å². The van der Waals surface area contributed by atoms with E-state index in [0.717, 1.165) is 12.2 Å². The second-order valence-corrected chi connectivity index (χ2v) is 5.41. The van der Waals surface area contributed by atoms with E-state index < -0.39 is 46.1 Å². The second kappa shape index (κ2) is 6.14. The Morgan fingerprint density at radius 3 is 2.37 bits per heavy atom. The molecule has 0 saturated carbocycles. The van der Waals surface area contributed by atoms with Crippen molar-refractivity contribution in [2.24, 2.45) is 0 Å². The lowest BCUT2D eigenvalue weighted by Gasteiger charge is -2.19. The van der Waals surface area contributed by atoms with E-state index in [4.69, 9.17) is 4.55 Å². The van der Waals surface area contributed by atoms with Crippen molar-refractivity contribution in [3.63, 3.8) is 0 Å². The average Bonchev–Trinajstić information content (AvgIpc) is 2.58.